The van der Waals surface area contributed by atoms with Gasteiger partial charge in [-0.3, -0.25) is 4.79 Å². The van der Waals surface area contributed by atoms with Crippen LogP contribution in [0.3, 0.4) is 0 Å². The lowest BCUT2D eigenvalue weighted by molar-refractivity contribution is 0.0996. The van der Waals surface area contributed by atoms with E-state index in [-0.39, 0.29) is 17.8 Å². The highest BCUT2D eigenvalue weighted by atomic mass is 16.1. The molecule has 0 spiro atoms. The molecule has 1 fully saturated rings. The number of anilines is 3. The van der Waals surface area contributed by atoms with Crippen molar-refractivity contribution in [1.29, 1.82) is 0 Å². The van der Waals surface area contributed by atoms with Gasteiger partial charge < -0.3 is 22.1 Å². The SMILES string of the molecule is Cc1ccc(-n2ccc(Nc3cc(N[C@@H]4CCCC[C@@H]4N)cnc3C(N)=O)n2)cc1. The van der Waals surface area contributed by atoms with Crippen molar-refractivity contribution in [2.45, 2.75) is 44.7 Å². The van der Waals surface area contributed by atoms with Crippen LogP contribution in [0.15, 0.2) is 48.8 Å². The van der Waals surface area contributed by atoms with Crippen LogP contribution in [0, 0.1) is 6.92 Å². The van der Waals surface area contributed by atoms with Gasteiger partial charge in [-0.05, 0) is 38.0 Å². The molecule has 30 heavy (non-hydrogen) atoms. The number of carbonyl (C=O) groups is 1. The Balaban J connectivity index is 1.56. The molecule has 0 bridgehead atoms. The Hall–Kier alpha value is -3.39. The van der Waals surface area contributed by atoms with E-state index < -0.39 is 5.91 Å². The summed E-state index contributed by atoms with van der Waals surface area (Å²) in [6, 6.07) is 12.0. The van der Waals surface area contributed by atoms with Gasteiger partial charge in [0, 0.05) is 24.3 Å². The van der Waals surface area contributed by atoms with Crippen LogP contribution in [-0.2, 0) is 0 Å². The lowest BCUT2D eigenvalue weighted by Gasteiger charge is -2.30. The molecule has 2 atom stereocenters. The second-order valence-electron chi connectivity index (χ2n) is 7.79. The predicted octanol–water partition coefficient (Wildman–Crippen LogP) is 3.10. The number of nitrogens with two attached hydrogens (primary N) is 2. The number of hydrogen-bond donors (Lipinski definition) is 4. The Kier molecular flexibility index (Phi) is 5.67. The van der Waals surface area contributed by atoms with Gasteiger partial charge in [0.1, 0.15) is 0 Å². The highest BCUT2D eigenvalue weighted by Crippen LogP contribution is 2.26. The van der Waals surface area contributed by atoms with E-state index in [9.17, 15) is 4.79 Å². The first kappa shape index (κ1) is 19.9. The maximum Gasteiger partial charge on any atom is 0.269 e. The summed E-state index contributed by atoms with van der Waals surface area (Å²) < 4.78 is 1.77. The topological polar surface area (TPSA) is 124 Å². The average Bonchev–Trinajstić information content (AvgIpc) is 3.19. The van der Waals surface area contributed by atoms with Crippen LogP contribution in [0.1, 0.15) is 41.7 Å². The molecule has 0 saturated heterocycles. The number of rotatable bonds is 6. The van der Waals surface area contributed by atoms with Gasteiger partial charge in [-0.15, -0.1) is 0 Å². The number of aromatic nitrogens is 3. The van der Waals surface area contributed by atoms with Crippen molar-refractivity contribution < 1.29 is 4.79 Å². The van der Waals surface area contributed by atoms with E-state index in [0.717, 1.165) is 37.1 Å². The summed E-state index contributed by atoms with van der Waals surface area (Å²) in [6.45, 7) is 2.04. The van der Waals surface area contributed by atoms with Crippen LogP contribution in [0.25, 0.3) is 5.69 Å². The van der Waals surface area contributed by atoms with E-state index in [2.05, 4.69) is 20.7 Å². The van der Waals surface area contributed by atoms with E-state index in [4.69, 9.17) is 11.5 Å². The van der Waals surface area contributed by atoms with Crippen LogP contribution in [-0.4, -0.2) is 32.8 Å². The van der Waals surface area contributed by atoms with Crippen LogP contribution in [0.5, 0.6) is 0 Å². The van der Waals surface area contributed by atoms with Crippen molar-refractivity contribution in [3.05, 3.63) is 60.0 Å². The molecule has 2 heterocycles. The molecule has 0 aliphatic heterocycles. The highest BCUT2D eigenvalue weighted by molar-refractivity contribution is 5.97. The first-order chi connectivity index (χ1) is 14.5. The zero-order valence-electron chi connectivity index (χ0n) is 17.0. The maximum absolute atomic E-state index is 11.9. The molecule has 6 N–H and O–H groups in total. The van der Waals surface area contributed by atoms with E-state index in [0.29, 0.717) is 11.5 Å². The molecular weight excluding hydrogens is 378 g/mol. The second-order valence-corrected chi connectivity index (χ2v) is 7.79. The molecule has 1 saturated carbocycles. The molecular formula is C22H27N7O. The summed E-state index contributed by atoms with van der Waals surface area (Å²) in [4.78, 5) is 16.1. The van der Waals surface area contributed by atoms with Gasteiger partial charge in [0.2, 0.25) is 0 Å². The largest absolute Gasteiger partial charge is 0.379 e. The standard InChI is InChI=1S/C22H27N7O/c1-14-6-8-16(9-7-14)29-11-10-20(28-29)27-19-12-15(13-25-21(19)22(24)30)26-18-5-3-2-4-17(18)23/h6-13,17-18,26H,2-5,23H2,1H3,(H2,24,30)(H,27,28)/t17-,18+/m0/s1. The summed E-state index contributed by atoms with van der Waals surface area (Å²) in [6.07, 6.45) is 7.81. The Morgan fingerprint density at radius 1 is 1.17 bits per heavy atom. The summed E-state index contributed by atoms with van der Waals surface area (Å²) in [5.41, 5.74) is 15.4. The number of primary amides is 1. The Labute approximate surface area is 175 Å². The number of benzene rings is 1. The number of hydrogen-bond acceptors (Lipinski definition) is 6. The maximum atomic E-state index is 11.9. The minimum atomic E-state index is -0.601. The van der Waals surface area contributed by atoms with Gasteiger partial charge in [-0.1, -0.05) is 30.5 Å². The minimum absolute atomic E-state index is 0.108. The van der Waals surface area contributed by atoms with Crippen LogP contribution in [0.2, 0.25) is 0 Å². The smallest absolute Gasteiger partial charge is 0.269 e. The number of nitrogens with one attached hydrogen (secondary N) is 2. The monoisotopic (exact) mass is 405 g/mol. The zero-order chi connectivity index (χ0) is 21.1. The third kappa shape index (κ3) is 4.44. The van der Waals surface area contributed by atoms with Gasteiger partial charge in [-0.25, -0.2) is 9.67 Å². The van der Waals surface area contributed by atoms with Crippen molar-refractivity contribution in [3.8, 4) is 5.69 Å². The molecule has 1 amide bonds. The Morgan fingerprint density at radius 3 is 2.67 bits per heavy atom. The second kappa shape index (κ2) is 8.54. The fourth-order valence-electron chi connectivity index (χ4n) is 3.76. The Bertz CT molecular complexity index is 1030. The number of nitrogens with zero attached hydrogens (tertiary/aromatic N) is 3. The van der Waals surface area contributed by atoms with Gasteiger partial charge in [0.15, 0.2) is 11.5 Å². The van der Waals surface area contributed by atoms with Crippen molar-refractivity contribution in [2.24, 2.45) is 11.5 Å². The van der Waals surface area contributed by atoms with Gasteiger partial charge in [-0.2, -0.15) is 5.10 Å². The Morgan fingerprint density at radius 2 is 1.93 bits per heavy atom. The first-order valence-electron chi connectivity index (χ1n) is 10.2. The molecule has 2 aromatic heterocycles. The predicted molar refractivity (Wildman–Crippen MR) is 118 cm³/mol. The number of aryl methyl sites for hydroxylation is 1. The van der Waals surface area contributed by atoms with E-state index in [1.54, 1.807) is 10.9 Å². The van der Waals surface area contributed by atoms with Crippen molar-refractivity contribution >= 4 is 23.1 Å². The summed E-state index contributed by atoms with van der Waals surface area (Å²) in [5, 5.41) is 11.2. The van der Waals surface area contributed by atoms with Crippen LogP contribution in [0.4, 0.5) is 17.2 Å². The molecule has 4 rings (SSSR count). The van der Waals surface area contributed by atoms with Crippen LogP contribution < -0.4 is 22.1 Å². The normalized spacial score (nSPS) is 18.7. The molecule has 3 aromatic rings. The van der Waals surface area contributed by atoms with E-state index in [1.165, 1.54) is 5.56 Å². The fraction of sp³-hybridized carbons (Fsp3) is 0.318. The quantitative estimate of drug-likeness (QED) is 0.500. The van der Waals surface area contributed by atoms with Gasteiger partial charge in [0.25, 0.3) is 5.91 Å². The molecule has 0 unspecified atom stereocenters. The first-order valence-corrected chi connectivity index (χ1v) is 10.2. The van der Waals surface area contributed by atoms with Gasteiger partial charge >= 0.3 is 0 Å². The van der Waals surface area contributed by atoms with Crippen molar-refractivity contribution in [2.75, 3.05) is 10.6 Å². The molecule has 1 aromatic carbocycles. The molecule has 8 nitrogen and oxygen atoms in total. The third-order valence-electron chi connectivity index (χ3n) is 5.44. The molecule has 8 heteroatoms. The highest BCUT2D eigenvalue weighted by Gasteiger charge is 2.22. The molecule has 1 aliphatic rings. The third-order valence-corrected chi connectivity index (χ3v) is 5.44. The van der Waals surface area contributed by atoms with Crippen molar-refractivity contribution in [3.63, 3.8) is 0 Å². The fourth-order valence-corrected chi connectivity index (χ4v) is 3.76. The number of carbonyl (C=O) groups excluding carboxylic acids is 1. The summed E-state index contributed by atoms with van der Waals surface area (Å²) in [7, 11) is 0. The van der Waals surface area contributed by atoms with E-state index >= 15 is 0 Å². The molecule has 156 valence electrons. The summed E-state index contributed by atoms with van der Waals surface area (Å²) in [5.74, 6) is -0.0113. The zero-order valence-corrected chi connectivity index (χ0v) is 17.0. The van der Waals surface area contributed by atoms with E-state index in [1.807, 2.05) is 49.5 Å². The number of amides is 1. The lowest BCUT2D eigenvalue weighted by Crippen LogP contribution is -2.42. The summed E-state index contributed by atoms with van der Waals surface area (Å²) >= 11 is 0. The average molecular weight is 406 g/mol. The van der Waals surface area contributed by atoms with Crippen molar-refractivity contribution in [1.82, 2.24) is 14.8 Å². The number of pyridine rings is 1. The molecule has 0 radical (unpaired) electrons. The molecule has 1 aliphatic carbocycles. The minimum Gasteiger partial charge on any atom is -0.379 e. The lowest BCUT2D eigenvalue weighted by atomic mass is 9.91. The van der Waals surface area contributed by atoms with Gasteiger partial charge in [0.05, 0.1) is 23.3 Å². The van der Waals surface area contributed by atoms with Crippen LogP contribution >= 0.6 is 0 Å².